The predicted molar refractivity (Wildman–Crippen MR) is 159 cm³/mol. The Labute approximate surface area is 258 Å². The summed E-state index contributed by atoms with van der Waals surface area (Å²) >= 11 is 0. The van der Waals surface area contributed by atoms with E-state index < -0.39 is 209 Å². The highest BCUT2D eigenvalue weighted by atomic mass is 31.1. The van der Waals surface area contributed by atoms with Crippen LogP contribution in [-0.2, 0) is 10.3 Å². The lowest BCUT2D eigenvalue weighted by atomic mass is 9.85. The quantitative estimate of drug-likeness (QED) is 0.210. The van der Waals surface area contributed by atoms with E-state index in [9.17, 15) is 21.9 Å². The van der Waals surface area contributed by atoms with Gasteiger partial charge in [0.1, 0.15) is 0 Å². The van der Waals surface area contributed by atoms with Gasteiger partial charge in [-0.1, -0.05) is 150 Å². The smallest absolute Gasteiger partial charge is 0.0622 e. The predicted octanol–water partition coefficient (Wildman–Crippen LogP) is 9.77. The minimum absolute atomic E-state index is 0.613. The number of benzene rings is 5. The van der Waals surface area contributed by atoms with Crippen LogP contribution in [0.2, 0.25) is 0 Å². The monoisotopic (exact) mass is 514 g/mol. The molecule has 1 heteroatoms. The van der Waals surface area contributed by atoms with E-state index in [1.165, 1.54) is 0 Å². The van der Waals surface area contributed by atoms with Gasteiger partial charge in [-0.2, -0.15) is 0 Å². The summed E-state index contributed by atoms with van der Waals surface area (Å²) in [5.74, 6) is 0. The van der Waals surface area contributed by atoms with Gasteiger partial charge < -0.3 is 0 Å². The third kappa shape index (κ3) is 3.47. The van der Waals surface area contributed by atoms with Crippen molar-refractivity contribution < 1.29 is 41.1 Å². The van der Waals surface area contributed by atoms with Crippen LogP contribution >= 0.6 is 7.92 Å². The van der Waals surface area contributed by atoms with Crippen molar-refractivity contribution in [1.29, 1.82) is 0 Å². The maximum Gasteiger partial charge on any atom is 0.0632 e. The van der Waals surface area contributed by atoms with Crippen molar-refractivity contribution in [2.45, 2.75) is 44.6 Å². The summed E-state index contributed by atoms with van der Waals surface area (Å²) in [6.07, 6.45) is 0. The van der Waals surface area contributed by atoms with Crippen molar-refractivity contribution in [2.75, 3.05) is 0 Å². The molecule has 0 aliphatic carbocycles. The van der Waals surface area contributed by atoms with Crippen LogP contribution < -0.4 is 5.30 Å². The zero-order chi connectivity index (χ0) is 50.7. The fourth-order valence-electron chi connectivity index (χ4n) is 4.31. The fraction of sp³-hybridized carbons (Fsp3) is 0.200. The molecule has 1 aliphatic rings. The molecule has 0 N–H and O–H groups in total. The molecule has 1 aliphatic heterocycles. The molecule has 1 unspecified atom stereocenters. The van der Waals surface area contributed by atoms with Gasteiger partial charge in [0.15, 0.2) is 0 Å². The van der Waals surface area contributed by atoms with Crippen LogP contribution in [0, 0.1) is 6.92 Å². The molecule has 0 saturated carbocycles. The van der Waals surface area contributed by atoms with Crippen molar-refractivity contribution >= 4 is 24.0 Å². The van der Waals surface area contributed by atoms with E-state index in [4.69, 9.17) is 19.2 Å². The lowest BCUT2D eigenvalue weighted by Gasteiger charge is -2.52. The molecule has 5 aromatic rings. The third-order valence-corrected chi connectivity index (χ3v) is 8.40. The van der Waals surface area contributed by atoms with Crippen molar-refractivity contribution in [2.24, 2.45) is 0 Å². The van der Waals surface area contributed by atoms with Crippen molar-refractivity contribution in [1.82, 2.24) is 0 Å². The first kappa shape index (κ1) is 7.21. The van der Waals surface area contributed by atoms with Gasteiger partial charge in [0, 0.05) is 26.8 Å². The average molecular weight is 515 g/mol. The fourth-order valence-corrected chi connectivity index (χ4v) is 7.05. The van der Waals surface area contributed by atoms with Crippen LogP contribution in [0.4, 0.5) is 0 Å². The highest BCUT2D eigenvalue weighted by Gasteiger charge is 2.49. The Hall–Kier alpha value is -3.21. The van der Waals surface area contributed by atoms with Gasteiger partial charge in [0.2, 0.25) is 0 Å². The standard InChI is InChI=1S/C35H33P/c1-24-22-27-18-12-21-30-32(27)31(23-24)35(4,5)36(34(30,2)3)33-28(25-14-8-6-9-15-25)19-13-20-29(33)26-16-10-7-11-17-26/h6-23H,1-5H3/i2D3,3D3,4D3,5D3,6D,7D,8D,9D,10D,11D,12D,13D,14D,15D,16D,17D,18D,19D,20D,21D,22D,23D. The molecule has 0 saturated heterocycles. The van der Waals surface area contributed by atoms with Crippen LogP contribution in [0.25, 0.3) is 33.0 Å². The lowest BCUT2D eigenvalue weighted by molar-refractivity contribution is 0.679. The second-order valence-electron chi connectivity index (χ2n) is 7.98. The third-order valence-electron chi connectivity index (χ3n) is 5.72. The van der Waals surface area contributed by atoms with Crippen LogP contribution in [0.3, 0.4) is 0 Å². The van der Waals surface area contributed by atoms with Gasteiger partial charge in [-0.3, -0.25) is 0 Å². The van der Waals surface area contributed by atoms with Crippen molar-refractivity contribution in [3.8, 4) is 22.3 Å². The second kappa shape index (κ2) is 8.43. The summed E-state index contributed by atoms with van der Waals surface area (Å²) < 4.78 is 272. The molecule has 1 heterocycles. The lowest BCUT2D eigenvalue weighted by Crippen LogP contribution is -2.37. The van der Waals surface area contributed by atoms with E-state index in [0.29, 0.717) is 0 Å². The molecule has 6 rings (SSSR count). The summed E-state index contributed by atoms with van der Waals surface area (Å²) in [5.41, 5.74) is -8.68. The highest BCUT2D eigenvalue weighted by Crippen LogP contribution is 2.72. The van der Waals surface area contributed by atoms with Crippen LogP contribution in [0.1, 0.15) is 85.2 Å². The molecule has 0 nitrogen and oxygen atoms in total. The molecular formula is C35H33P. The SMILES string of the molecule is [2H]c1c([2H])c([2H])c(-c2c([2H])c([2H])c([2H])c(-c3c([2H])c([2H])c([2H])c([2H])c3[2H])c2P2C(C([2H])([2H])[2H])(C([2H])([2H])[2H])c3c([2H])c([2H])c([2H])c4c([2H])c(C)c([2H])c(c34)C2(C([2H])([2H])[2H])C([2H])([2H])[2H])c([2H])c1[2H]. The van der Waals surface area contributed by atoms with Gasteiger partial charge in [-0.15, -0.1) is 0 Å². The molecule has 36 heavy (non-hydrogen) atoms. The Morgan fingerprint density at radius 3 is 1.75 bits per heavy atom. The first-order valence-electron chi connectivity index (χ1n) is 25.4. The van der Waals surface area contributed by atoms with E-state index in [2.05, 4.69) is 0 Å². The summed E-state index contributed by atoms with van der Waals surface area (Å²) in [6, 6.07) is -22.6. The molecule has 0 radical (unpaired) electrons. The summed E-state index contributed by atoms with van der Waals surface area (Å²) in [6.45, 7) is -16.7. The van der Waals surface area contributed by atoms with E-state index in [1.807, 2.05) is 0 Å². The molecule has 178 valence electrons. The highest BCUT2D eigenvalue weighted by molar-refractivity contribution is 7.68. The van der Waals surface area contributed by atoms with Crippen LogP contribution in [-0.4, -0.2) is 0 Å². The molecule has 0 bridgehead atoms. The zero-order valence-corrected chi connectivity index (χ0v) is 19.3. The number of hydrogen-bond acceptors (Lipinski definition) is 0. The van der Waals surface area contributed by atoms with Crippen molar-refractivity contribution in [3.63, 3.8) is 0 Å². The summed E-state index contributed by atoms with van der Waals surface area (Å²) in [5, 5.41) is -12.3. The van der Waals surface area contributed by atoms with Gasteiger partial charge in [0.05, 0.1) is 24.7 Å². The Balaban J connectivity index is 2.30. The molecular weight excluding hydrogens is 451 g/mol. The van der Waals surface area contributed by atoms with Crippen LogP contribution in [0.5, 0.6) is 0 Å². The Bertz CT molecular complexity index is 2690. The maximum atomic E-state index is 9.48. The Kier molecular flexibility index (Phi) is 1.69. The molecule has 5 aromatic carbocycles. The number of hydrogen-bond donors (Lipinski definition) is 0. The average Bonchev–Trinajstić information content (AvgIpc) is 3.19. The Morgan fingerprint density at radius 1 is 0.611 bits per heavy atom. The second-order valence-corrected chi connectivity index (χ2v) is 10.4. The first-order chi connectivity index (χ1) is 29.8. The number of rotatable bonds is 3. The van der Waals surface area contributed by atoms with E-state index in [1.54, 1.807) is 0 Å². The first-order valence-corrected chi connectivity index (χ1v) is 11.8. The molecule has 0 aromatic heterocycles. The van der Waals surface area contributed by atoms with Crippen LogP contribution in [0.15, 0.2) is 109 Å². The minimum atomic E-state index is -4.93. The largest absolute Gasteiger partial charge is 0.0632 e. The molecule has 1 atom stereocenters. The zero-order valence-electron chi connectivity index (χ0n) is 48.4. The van der Waals surface area contributed by atoms with Gasteiger partial charge in [-0.25, -0.2) is 0 Å². The van der Waals surface area contributed by atoms with Gasteiger partial charge >= 0.3 is 0 Å². The Morgan fingerprint density at radius 2 is 1.17 bits per heavy atom. The van der Waals surface area contributed by atoms with Gasteiger partial charge in [-0.05, 0) is 56.4 Å². The van der Waals surface area contributed by atoms with E-state index in [0.717, 1.165) is 6.92 Å². The maximum absolute atomic E-state index is 9.48. The minimum Gasteiger partial charge on any atom is -0.0622 e. The normalized spacial score (nSPS) is 31.1. The molecule has 0 amide bonds. The van der Waals surface area contributed by atoms with Gasteiger partial charge in [0.25, 0.3) is 0 Å². The topological polar surface area (TPSA) is 0 Å². The molecule has 0 fully saturated rings. The van der Waals surface area contributed by atoms with Crippen molar-refractivity contribution in [3.05, 3.63) is 125 Å². The summed E-state index contributed by atoms with van der Waals surface area (Å²) in [7, 11) is -4.93. The summed E-state index contributed by atoms with van der Waals surface area (Å²) in [4.78, 5) is 0. The van der Waals surface area contributed by atoms with E-state index in [-0.39, 0.29) is 0 Å². The van der Waals surface area contributed by atoms with E-state index >= 15 is 0 Å². The molecule has 0 spiro atoms.